The van der Waals surface area contributed by atoms with E-state index in [0.29, 0.717) is 5.92 Å². The molecule has 0 saturated carbocycles. The predicted molar refractivity (Wildman–Crippen MR) is 57.7 cm³/mol. The maximum Gasteiger partial charge on any atom is 0.320 e. The largest absolute Gasteiger partial charge is 0.375 e. The molecule has 1 unspecified atom stereocenters. The number of hydrogen-bond donors (Lipinski definition) is 0. The van der Waals surface area contributed by atoms with Gasteiger partial charge in [0.05, 0.1) is 19.2 Å². The van der Waals surface area contributed by atoms with Gasteiger partial charge in [-0.25, -0.2) is 4.79 Å². The van der Waals surface area contributed by atoms with Crippen LogP contribution in [-0.2, 0) is 4.74 Å². The van der Waals surface area contributed by atoms with Crippen LogP contribution in [-0.4, -0.2) is 54.7 Å². The van der Waals surface area contributed by atoms with Gasteiger partial charge >= 0.3 is 6.03 Å². The smallest absolute Gasteiger partial charge is 0.320 e. The minimum absolute atomic E-state index is 0.204. The molecular formula is C11H20N2O2. The Bertz CT molecular complexity index is 239. The van der Waals surface area contributed by atoms with Crippen molar-refractivity contribution in [1.29, 1.82) is 0 Å². The third-order valence-electron chi connectivity index (χ3n) is 3.22. The lowest BCUT2D eigenvalue weighted by Crippen LogP contribution is -2.58. The number of likely N-dealkylation sites (tertiary alicyclic amines) is 2. The Kier molecular flexibility index (Phi) is 3.14. The lowest BCUT2D eigenvalue weighted by atomic mass is 10.2. The van der Waals surface area contributed by atoms with Crippen LogP contribution in [0.4, 0.5) is 4.79 Å². The summed E-state index contributed by atoms with van der Waals surface area (Å²) in [5.74, 6) is 0.665. The highest BCUT2D eigenvalue weighted by Gasteiger charge is 2.35. The minimum atomic E-state index is 0.204. The van der Waals surface area contributed by atoms with E-state index in [1.165, 1.54) is 0 Å². The Balaban J connectivity index is 1.74. The van der Waals surface area contributed by atoms with Gasteiger partial charge in [-0.1, -0.05) is 6.92 Å². The highest BCUT2D eigenvalue weighted by Crippen LogP contribution is 2.20. The van der Waals surface area contributed by atoms with Gasteiger partial charge < -0.3 is 14.5 Å². The van der Waals surface area contributed by atoms with E-state index >= 15 is 0 Å². The Morgan fingerprint density at radius 1 is 1.33 bits per heavy atom. The number of urea groups is 1. The lowest BCUT2D eigenvalue weighted by Gasteiger charge is -2.40. The fraction of sp³-hybridized carbons (Fsp3) is 0.909. The predicted octanol–water partition coefficient (Wildman–Crippen LogP) is 1.17. The maximum absolute atomic E-state index is 11.9. The molecule has 0 bridgehead atoms. The van der Waals surface area contributed by atoms with Crippen molar-refractivity contribution in [3.8, 4) is 0 Å². The van der Waals surface area contributed by atoms with Gasteiger partial charge in [0.2, 0.25) is 0 Å². The second kappa shape index (κ2) is 4.39. The summed E-state index contributed by atoms with van der Waals surface area (Å²) in [6, 6.07) is 0.204. The van der Waals surface area contributed by atoms with Crippen molar-refractivity contribution < 1.29 is 9.53 Å². The molecule has 2 aliphatic rings. The summed E-state index contributed by atoms with van der Waals surface area (Å²) in [5.41, 5.74) is 0. The van der Waals surface area contributed by atoms with Crippen LogP contribution >= 0.6 is 0 Å². The van der Waals surface area contributed by atoms with Crippen molar-refractivity contribution in [1.82, 2.24) is 9.80 Å². The average molecular weight is 212 g/mol. The molecule has 0 aliphatic carbocycles. The molecule has 2 rings (SSSR count). The topological polar surface area (TPSA) is 32.8 Å². The van der Waals surface area contributed by atoms with Crippen LogP contribution in [0.1, 0.15) is 20.3 Å². The van der Waals surface area contributed by atoms with Crippen LogP contribution in [0.2, 0.25) is 0 Å². The van der Waals surface area contributed by atoms with E-state index in [1.807, 2.05) is 16.7 Å². The van der Waals surface area contributed by atoms with E-state index in [9.17, 15) is 4.79 Å². The fourth-order valence-electron chi connectivity index (χ4n) is 2.24. The first-order chi connectivity index (χ1) is 7.20. The van der Waals surface area contributed by atoms with E-state index in [-0.39, 0.29) is 12.1 Å². The van der Waals surface area contributed by atoms with E-state index in [4.69, 9.17) is 4.74 Å². The van der Waals surface area contributed by atoms with Crippen molar-refractivity contribution in [2.24, 2.45) is 5.92 Å². The second-order valence-corrected chi connectivity index (χ2v) is 4.60. The van der Waals surface area contributed by atoms with Crippen LogP contribution in [0.5, 0.6) is 0 Å². The van der Waals surface area contributed by atoms with Gasteiger partial charge in [0.25, 0.3) is 0 Å². The molecule has 4 nitrogen and oxygen atoms in total. The van der Waals surface area contributed by atoms with Crippen molar-refractivity contribution in [2.45, 2.75) is 26.4 Å². The molecule has 86 valence electrons. The monoisotopic (exact) mass is 212 g/mol. The summed E-state index contributed by atoms with van der Waals surface area (Å²) in [4.78, 5) is 15.8. The van der Waals surface area contributed by atoms with Gasteiger partial charge in [0.1, 0.15) is 0 Å². The van der Waals surface area contributed by atoms with Gasteiger partial charge in [-0.05, 0) is 19.3 Å². The third-order valence-corrected chi connectivity index (χ3v) is 3.22. The van der Waals surface area contributed by atoms with Crippen LogP contribution in [0.15, 0.2) is 0 Å². The third kappa shape index (κ3) is 2.25. The Morgan fingerprint density at radius 2 is 2.07 bits per heavy atom. The molecule has 0 N–H and O–H groups in total. The quantitative estimate of drug-likeness (QED) is 0.688. The molecule has 0 aromatic carbocycles. The van der Waals surface area contributed by atoms with E-state index in [0.717, 1.165) is 39.2 Å². The van der Waals surface area contributed by atoms with Crippen LogP contribution in [0, 0.1) is 5.92 Å². The number of ether oxygens (including phenoxy) is 1. The molecule has 2 amide bonds. The molecule has 0 aromatic heterocycles. The van der Waals surface area contributed by atoms with E-state index < -0.39 is 0 Å². The highest BCUT2D eigenvalue weighted by atomic mass is 16.5. The van der Waals surface area contributed by atoms with Crippen LogP contribution in [0.25, 0.3) is 0 Å². The lowest BCUT2D eigenvalue weighted by molar-refractivity contribution is -0.0352. The van der Waals surface area contributed by atoms with Crippen LogP contribution < -0.4 is 0 Å². The molecule has 1 atom stereocenters. The molecule has 2 heterocycles. The van der Waals surface area contributed by atoms with E-state index in [1.54, 1.807) is 0 Å². The van der Waals surface area contributed by atoms with Crippen molar-refractivity contribution >= 4 is 6.03 Å². The Hall–Kier alpha value is -0.770. The minimum Gasteiger partial charge on any atom is -0.375 e. The van der Waals surface area contributed by atoms with Crippen molar-refractivity contribution in [3.05, 3.63) is 0 Å². The number of nitrogens with zero attached hydrogens (tertiary/aromatic N) is 2. The zero-order valence-corrected chi connectivity index (χ0v) is 9.61. The average Bonchev–Trinajstić information content (AvgIpc) is 2.56. The SMILES string of the molecule is CCOC1CN(C(=O)N2CCC(C)C2)C1. The van der Waals surface area contributed by atoms with Gasteiger partial charge in [-0.2, -0.15) is 0 Å². The van der Waals surface area contributed by atoms with E-state index in [2.05, 4.69) is 6.92 Å². The molecule has 15 heavy (non-hydrogen) atoms. The Morgan fingerprint density at radius 3 is 2.60 bits per heavy atom. The second-order valence-electron chi connectivity index (χ2n) is 4.60. The Labute approximate surface area is 91.2 Å². The zero-order chi connectivity index (χ0) is 10.8. The number of rotatable bonds is 2. The molecule has 2 aliphatic heterocycles. The summed E-state index contributed by atoms with van der Waals surface area (Å²) in [6.07, 6.45) is 1.42. The number of hydrogen-bond acceptors (Lipinski definition) is 2. The summed E-state index contributed by atoms with van der Waals surface area (Å²) < 4.78 is 5.43. The normalized spacial score (nSPS) is 26.9. The van der Waals surface area contributed by atoms with Gasteiger partial charge in [-0.15, -0.1) is 0 Å². The van der Waals surface area contributed by atoms with Crippen molar-refractivity contribution in [3.63, 3.8) is 0 Å². The summed E-state index contributed by atoms with van der Waals surface area (Å²) >= 11 is 0. The first kappa shape index (κ1) is 10.7. The van der Waals surface area contributed by atoms with Gasteiger partial charge in [-0.3, -0.25) is 0 Å². The number of carbonyl (C=O) groups excluding carboxylic acids is 1. The van der Waals surface area contributed by atoms with Crippen molar-refractivity contribution in [2.75, 3.05) is 32.8 Å². The number of carbonyl (C=O) groups is 1. The maximum atomic E-state index is 11.9. The van der Waals surface area contributed by atoms with Crippen LogP contribution in [0.3, 0.4) is 0 Å². The molecule has 2 fully saturated rings. The molecule has 4 heteroatoms. The van der Waals surface area contributed by atoms with Gasteiger partial charge in [0, 0.05) is 19.7 Å². The molecule has 0 aromatic rings. The highest BCUT2D eigenvalue weighted by molar-refractivity contribution is 5.75. The summed E-state index contributed by atoms with van der Waals surface area (Å²) in [5, 5.41) is 0. The first-order valence-corrected chi connectivity index (χ1v) is 5.86. The molecule has 2 saturated heterocycles. The van der Waals surface area contributed by atoms with Gasteiger partial charge in [0.15, 0.2) is 0 Å². The molecular weight excluding hydrogens is 192 g/mol. The summed E-state index contributed by atoms with van der Waals surface area (Å²) in [7, 11) is 0. The molecule has 0 spiro atoms. The standard InChI is InChI=1S/C11H20N2O2/c1-3-15-10-7-13(8-10)11(14)12-5-4-9(2)6-12/h9-10H,3-8H2,1-2H3. The summed E-state index contributed by atoms with van der Waals surface area (Å²) in [6.45, 7) is 8.34. The zero-order valence-electron chi connectivity index (χ0n) is 9.61. The number of amides is 2. The molecule has 0 radical (unpaired) electrons. The first-order valence-electron chi connectivity index (χ1n) is 5.86. The fourth-order valence-corrected chi connectivity index (χ4v) is 2.24.